The van der Waals surface area contributed by atoms with E-state index in [4.69, 9.17) is 4.52 Å². The zero-order chi connectivity index (χ0) is 13.1. The molecular weight excluding hydrogens is 296 g/mol. The largest absolute Gasteiger partial charge is 0.385 e. The van der Waals surface area contributed by atoms with E-state index in [9.17, 15) is 5.11 Å². The van der Waals surface area contributed by atoms with Gasteiger partial charge in [0.25, 0.3) is 5.89 Å². The molecule has 0 bridgehead atoms. The van der Waals surface area contributed by atoms with Crippen molar-refractivity contribution in [3.63, 3.8) is 0 Å². The molecule has 1 atom stereocenters. The number of aromatic nitrogens is 2. The van der Waals surface area contributed by atoms with E-state index in [2.05, 4.69) is 26.1 Å². The van der Waals surface area contributed by atoms with Crippen molar-refractivity contribution in [3.8, 4) is 11.5 Å². The lowest BCUT2D eigenvalue weighted by Crippen LogP contribution is -1.98. The van der Waals surface area contributed by atoms with Gasteiger partial charge in [-0.2, -0.15) is 4.98 Å². The maximum absolute atomic E-state index is 9.79. The second kappa shape index (κ2) is 5.63. The summed E-state index contributed by atoms with van der Waals surface area (Å²) in [5.41, 5.74) is 1.99. The van der Waals surface area contributed by atoms with Crippen molar-refractivity contribution in [2.45, 2.75) is 32.8 Å². The molecule has 4 nitrogen and oxygen atoms in total. The van der Waals surface area contributed by atoms with Gasteiger partial charge in [-0.1, -0.05) is 40.5 Å². The molecule has 1 N–H and O–H groups in total. The molecule has 0 saturated heterocycles. The van der Waals surface area contributed by atoms with Crippen LogP contribution in [0, 0.1) is 6.92 Å². The van der Waals surface area contributed by atoms with Crippen LogP contribution in [0.2, 0.25) is 0 Å². The summed E-state index contributed by atoms with van der Waals surface area (Å²) in [6.07, 6.45) is 0.860. The van der Waals surface area contributed by atoms with E-state index in [0.29, 0.717) is 18.1 Å². The van der Waals surface area contributed by atoms with Crippen molar-refractivity contribution < 1.29 is 9.63 Å². The number of halogens is 1. The molecule has 0 aliphatic heterocycles. The van der Waals surface area contributed by atoms with Crippen molar-refractivity contribution in [2.75, 3.05) is 0 Å². The summed E-state index contributed by atoms with van der Waals surface area (Å²) in [7, 11) is 0. The Balaban J connectivity index is 2.26. The van der Waals surface area contributed by atoms with Crippen LogP contribution in [-0.2, 0) is 0 Å². The van der Waals surface area contributed by atoms with Crippen LogP contribution in [0.3, 0.4) is 0 Å². The lowest BCUT2D eigenvalue weighted by molar-refractivity contribution is 0.153. The lowest BCUT2D eigenvalue weighted by atomic mass is 10.1. The molecular formula is C13H15BrN2O2. The highest BCUT2D eigenvalue weighted by Gasteiger charge is 2.15. The van der Waals surface area contributed by atoms with E-state index >= 15 is 0 Å². The summed E-state index contributed by atoms with van der Waals surface area (Å²) in [4.78, 5) is 4.22. The monoisotopic (exact) mass is 310 g/mol. The van der Waals surface area contributed by atoms with Crippen molar-refractivity contribution in [2.24, 2.45) is 0 Å². The second-order valence-corrected chi connectivity index (χ2v) is 5.08. The first kappa shape index (κ1) is 13.2. The van der Waals surface area contributed by atoms with Gasteiger partial charge >= 0.3 is 0 Å². The van der Waals surface area contributed by atoms with Crippen molar-refractivity contribution >= 4 is 15.9 Å². The smallest absolute Gasteiger partial charge is 0.258 e. The fourth-order valence-corrected chi connectivity index (χ4v) is 1.99. The summed E-state index contributed by atoms with van der Waals surface area (Å²) in [6, 6.07) is 5.83. The van der Waals surface area contributed by atoms with Crippen LogP contribution in [0.5, 0.6) is 0 Å². The molecule has 0 radical (unpaired) electrons. The van der Waals surface area contributed by atoms with E-state index < -0.39 is 6.10 Å². The molecule has 1 aromatic carbocycles. The number of rotatable bonds is 4. The number of aliphatic hydroxyl groups is 1. The summed E-state index contributed by atoms with van der Waals surface area (Å²) < 4.78 is 6.17. The Labute approximate surface area is 114 Å². The van der Waals surface area contributed by atoms with Gasteiger partial charge in [0.2, 0.25) is 5.82 Å². The Kier molecular flexibility index (Phi) is 4.14. The number of aryl methyl sites for hydroxylation is 1. The van der Waals surface area contributed by atoms with Gasteiger partial charge in [-0.05, 0) is 31.0 Å². The van der Waals surface area contributed by atoms with Gasteiger partial charge in [0.1, 0.15) is 6.10 Å². The topological polar surface area (TPSA) is 59.2 Å². The van der Waals surface area contributed by atoms with Crippen LogP contribution in [0.1, 0.15) is 37.3 Å². The van der Waals surface area contributed by atoms with Crippen LogP contribution in [0.25, 0.3) is 11.5 Å². The molecule has 1 heterocycles. The van der Waals surface area contributed by atoms with Crippen molar-refractivity contribution in [1.29, 1.82) is 0 Å². The number of benzene rings is 1. The molecule has 0 aliphatic carbocycles. The fraction of sp³-hybridized carbons (Fsp3) is 0.385. The van der Waals surface area contributed by atoms with Gasteiger partial charge in [0, 0.05) is 10.0 Å². The Morgan fingerprint density at radius 3 is 2.89 bits per heavy atom. The van der Waals surface area contributed by atoms with Gasteiger partial charge in [-0.15, -0.1) is 0 Å². The Morgan fingerprint density at radius 2 is 2.22 bits per heavy atom. The normalized spacial score (nSPS) is 12.7. The highest BCUT2D eigenvalue weighted by atomic mass is 79.9. The van der Waals surface area contributed by atoms with Gasteiger partial charge < -0.3 is 9.63 Å². The third-order valence-electron chi connectivity index (χ3n) is 2.72. The summed E-state index contributed by atoms with van der Waals surface area (Å²) in [5, 5.41) is 13.6. The van der Waals surface area contributed by atoms with Gasteiger partial charge in [-0.25, -0.2) is 0 Å². The van der Waals surface area contributed by atoms with E-state index in [1.54, 1.807) is 0 Å². The molecule has 0 fully saturated rings. The standard InChI is InChI=1S/C13H15BrN2O2/c1-3-4-11(17)12-15-13(18-16-12)9-6-5-8(2)10(14)7-9/h5-7,11,17H,3-4H2,1-2H3. The molecule has 18 heavy (non-hydrogen) atoms. The SMILES string of the molecule is CCCC(O)c1noc(-c2ccc(C)c(Br)c2)n1. The van der Waals surface area contributed by atoms with Gasteiger partial charge in [0.05, 0.1) is 0 Å². The molecule has 5 heteroatoms. The van der Waals surface area contributed by atoms with E-state index in [0.717, 1.165) is 22.0 Å². The number of nitrogens with zero attached hydrogens (tertiary/aromatic N) is 2. The summed E-state index contributed by atoms with van der Waals surface area (Å²) >= 11 is 3.46. The van der Waals surface area contributed by atoms with Gasteiger partial charge in [0.15, 0.2) is 0 Å². The predicted octanol–water partition coefficient (Wildman–Crippen LogP) is 3.64. The van der Waals surface area contributed by atoms with Crippen molar-refractivity contribution in [3.05, 3.63) is 34.1 Å². The van der Waals surface area contributed by atoms with E-state index in [-0.39, 0.29) is 0 Å². The molecule has 96 valence electrons. The predicted molar refractivity (Wildman–Crippen MR) is 72.0 cm³/mol. The molecule has 0 aliphatic rings. The Bertz CT molecular complexity index is 540. The Morgan fingerprint density at radius 1 is 1.44 bits per heavy atom. The third-order valence-corrected chi connectivity index (χ3v) is 3.58. The molecule has 2 aromatic rings. The van der Waals surface area contributed by atoms with Crippen LogP contribution in [0.4, 0.5) is 0 Å². The number of aliphatic hydroxyl groups excluding tert-OH is 1. The molecule has 2 rings (SSSR count). The lowest BCUT2D eigenvalue weighted by Gasteiger charge is -2.01. The molecule has 1 unspecified atom stereocenters. The first-order valence-electron chi connectivity index (χ1n) is 5.90. The minimum absolute atomic E-state index is 0.351. The Hall–Kier alpha value is -1.20. The molecule has 1 aromatic heterocycles. The zero-order valence-electron chi connectivity index (χ0n) is 10.4. The maximum atomic E-state index is 9.79. The molecule has 0 saturated carbocycles. The van der Waals surface area contributed by atoms with Crippen LogP contribution >= 0.6 is 15.9 Å². The fourth-order valence-electron chi connectivity index (χ4n) is 1.62. The highest BCUT2D eigenvalue weighted by molar-refractivity contribution is 9.10. The quantitative estimate of drug-likeness (QED) is 0.936. The minimum Gasteiger partial charge on any atom is -0.385 e. The van der Waals surface area contributed by atoms with Crippen LogP contribution < -0.4 is 0 Å². The second-order valence-electron chi connectivity index (χ2n) is 4.23. The number of hydrogen-bond acceptors (Lipinski definition) is 4. The zero-order valence-corrected chi connectivity index (χ0v) is 11.9. The summed E-state index contributed by atoms with van der Waals surface area (Å²) in [5.74, 6) is 0.782. The third kappa shape index (κ3) is 2.79. The van der Waals surface area contributed by atoms with Crippen LogP contribution in [-0.4, -0.2) is 15.2 Å². The average Bonchev–Trinajstić information content (AvgIpc) is 2.82. The van der Waals surface area contributed by atoms with Crippen LogP contribution in [0.15, 0.2) is 27.2 Å². The van der Waals surface area contributed by atoms with E-state index in [1.165, 1.54) is 0 Å². The number of hydrogen-bond donors (Lipinski definition) is 1. The first-order chi connectivity index (χ1) is 8.61. The van der Waals surface area contributed by atoms with E-state index in [1.807, 2.05) is 32.0 Å². The summed E-state index contributed by atoms with van der Waals surface area (Å²) in [6.45, 7) is 4.01. The molecule has 0 spiro atoms. The first-order valence-corrected chi connectivity index (χ1v) is 6.69. The molecule has 0 amide bonds. The average molecular weight is 311 g/mol. The minimum atomic E-state index is -0.651. The highest BCUT2D eigenvalue weighted by Crippen LogP contribution is 2.25. The maximum Gasteiger partial charge on any atom is 0.258 e. The van der Waals surface area contributed by atoms with Gasteiger partial charge in [-0.3, -0.25) is 0 Å². The van der Waals surface area contributed by atoms with Crippen molar-refractivity contribution in [1.82, 2.24) is 10.1 Å².